The van der Waals surface area contributed by atoms with Crippen LogP contribution in [-0.2, 0) is 32.6 Å². The Bertz CT molecular complexity index is 1190. The zero-order valence-electron chi connectivity index (χ0n) is 18.4. The highest BCUT2D eigenvalue weighted by atomic mass is 32.2. The van der Waals surface area contributed by atoms with E-state index in [1.807, 2.05) is 13.0 Å². The number of carbonyl (C=O) groups excluding carboxylic acids is 2. The van der Waals surface area contributed by atoms with Gasteiger partial charge in [-0.25, -0.2) is 18.0 Å². The number of hydrogen-bond acceptors (Lipinski definition) is 6. The lowest BCUT2D eigenvalue weighted by Crippen LogP contribution is -2.36. The second-order valence-corrected chi connectivity index (χ2v) is 9.14. The monoisotopic (exact) mass is 467 g/mol. The highest BCUT2D eigenvalue weighted by Gasteiger charge is 2.31. The van der Waals surface area contributed by atoms with Gasteiger partial charge in [0.2, 0.25) is 0 Å². The normalized spacial score (nSPS) is 11.0. The van der Waals surface area contributed by atoms with Crippen LogP contribution in [0.15, 0.2) is 83.8 Å². The maximum Gasteiger partial charge on any atom is 0.424 e. The van der Waals surface area contributed by atoms with Gasteiger partial charge in [-0.1, -0.05) is 60.2 Å². The van der Waals surface area contributed by atoms with E-state index in [1.54, 1.807) is 55.5 Å². The van der Waals surface area contributed by atoms with Gasteiger partial charge in [-0.3, -0.25) is 0 Å². The van der Waals surface area contributed by atoms with Crippen molar-refractivity contribution >= 4 is 22.1 Å². The molecule has 0 atom stereocenters. The van der Waals surface area contributed by atoms with E-state index in [1.165, 1.54) is 24.3 Å². The van der Waals surface area contributed by atoms with E-state index in [4.69, 9.17) is 9.47 Å². The van der Waals surface area contributed by atoms with E-state index in [9.17, 15) is 18.0 Å². The van der Waals surface area contributed by atoms with Gasteiger partial charge in [0.1, 0.15) is 6.61 Å². The van der Waals surface area contributed by atoms with Crippen LogP contribution in [0.25, 0.3) is 0 Å². The Labute approximate surface area is 193 Å². The summed E-state index contributed by atoms with van der Waals surface area (Å²) < 4.78 is 37.6. The van der Waals surface area contributed by atoms with Crippen molar-refractivity contribution in [3.63, 3.8) is 0 Å². The second kappa shape index (κ2) is 10.8. The van der Waals surface area contributed by atoms with Crippen LogP contribution in [0.1, 0.15) is 34.0 Å². The minimum Gasteiger partial charge on any atom is -0.462 e. The van der Waals surface area contributed by atoms with Crippen LogP contribution in [0.5, 0.6) is 0 Å². The first-order chi connectivity index (χ1) is 15.8. The summed E-state index contributed by atoms with van der Waals surface area (Å²) in [7, 11) is -4.19. The second-order valence-electron chi connectivity index (χ2n) is 7.28. The highest BCUT2D eigenvalue weighted by molar-refractivity contribution is 7.89. The molecule has 0 aliphatic rings. The molecule has 3 aromatic rings. The SMILES string of the molecule is CCOC(=O)c1ccc(CN(C(=O)OCc2ccccc2)S(=O)(=O)c2ccc(C)cc2)cc1. The van der Waals surface area contributed by atoms with E-state index in [0.717, 1.165) is 11.1 Å². The first kappa shape index (κ1) is 24.0. The lowest BCUT2D eigenvalue weighted by Gasteiger charge is -2.22. The van der Waals surface area contributed by atoms with Crippen LogP contribution in [-0.4, -0.2) is 31.4 Å². The molecule has 0 N–H and O–H groups in total. The Balaban J connectivity index is 1.86. The Hall–Kier alpha value is -3.65. The zero-order valence-corrected chi connectivity index (χ0v) is 19.2. The lowest BCUT2D eigenvalue weighted by atomic mass is 10.1. The molecule has 0 bridgehead atoms. The molecule has 8 heteroatoms. The molecule has 0 fully saturated rings. The fourth-order valence-electron chi connectivity index (χ4n) is 3.00. The number of nitrogens with zero attached hydrogens (tertiary/aromatic N) is 1. The number of sulfonamides is 1. The predicted octanol–water partition coefficient (Wildman–Crippen LogP) is 4.70. The average molecular weight is 468 g/mol. The molecule has 0 aliphatic carbocycles. The molecular formula is C25H25NO6S. The van der Waals surface area contributed by atoms with Crippen LogP contribution >= 0.6 is 0 Å². The van der Waals surface area contributed by atoms with Gasteiger partial charge in [0.15, 0.2) is 0 Å². The number of rotatable bonds is 8. The fraction of sp³-hybridized carbons (Fsp3) is 0.200. The van der Waals surface area contributed by atoms with Gasteiger partial charge in [0.25, 0.3) is 10.0 Å². The number of amides is 1. The van der Waals surface area contributed by atoms with E-state index < -0.39 is 22.1 Å². The van der Waals surface area contributed by atoms with E-state index in [0.29, 0.717) is 15.4 Å². The minimum atomic E-state index is -4.19. The summed E-state index contributed by atoms with van der Waals surface area (Å²) in [6.07, 6.45) is -0.992. The van der Waals surface area contributed by atoms with Crippen LogP contribution < -0.4 is 0 Å². The number of esters is 1. The topological polar surface area (TPSA) is 90.0 Å². The summed E-state index contributed by atoms with van der Waals surface area (Å²) in [5.41, 5.74) is 2.47. The van der Waals surface area contributed by atoms with E-state index >= 15 is 0 Å². The van der Waals surface area contributed by atoms with Gasteiger partial charge in [-0.2, -0.15) is 4.31 Å². The van der Waals surface area contributed by atoms with Gasteiger partial charge in [0.05, 0.1) is 23.6 Å². The molecule has 0 unspecified atom stereocenters. The summed E-state index contributed by atoms with van der Waals surface area (Å²) in [6.45, 7) is 3.47. The van der Waals surface area contributed by atoms with E-state index in [-0.39, 0.29) is 24.7 Å². The van der Waals surface area contributed by atoms with E-state index in [2.05, 4.69) is 0 Å². The van der Waals surface area contributed by atoms with Crippen molar-refractivity contribution in [1.82, 2.24) is 4.31 Å². The third-order valence-electron chi connectivity index (χ3n) is 4.81. The van der Waals surface area contributed by atoms with Crippen molar-refractivity contribution in [3.05, 3.63) is 101 Å². The zero-order chi connectivity index (χ0) is 23.8. The Morgan fingerprint density at radius 2 is 1.45 bits per heavy atom. The molecule has 0 heterocycles. The number of ether oxygens (including phenoxy) is 2. The van der Waals surface area contributed by atoms with Crippen molar-refractivity contribution in [2.45, 2.75) is 31.9 Å². The smallest absolute Gasteiger partial charge is 0.424 e. The molecule has 3 rings (SSSR count). The fourth-order valence-corrected chi connectivity index (χ4v) is 4.31. The molecule has 3 aromatic carbocycles. The predicted molar refractivity (Wildman–Crippen MR) is 123 cm³/mol. The first-order valence-corrected chi connectivity index (χ1v) is 11.8. The van der Waals surface area contributed by atoms with Crippen molar-refractivity contribution in [2.24, 2.45) is 0 Å². The largest absolute Gasteiger partial charge is 0.462 e. The lowest BCUT2D eigenvalue weighted by molar-refractivity contribution is 0.0526. The molecule has 1 amide bonds. The Morgan fingerprint density at radius 3 is 2.06 bits per heavy atom. The maximum absolute atomic E-state index is 13.3. The van der Waals surface area contributed by atoms with Crippen molar-refractivity contribution < 1.29 is 27.5 Å². The third-order valence-corrected chi connectivity index (χ3v) is 6.54. The van der Waals surface area contributed by atoms with Crippen LogP contribution in [0, 0.1) is 6.92 Å². The molecule has 7 nitrogen and oxygen atoms in total. The first-order valence-electron chi connectivity index (χ1n) is 10.4. The summed E-state index contributed by atoms with van der Waals surface area (Å²) in [4.78, 5) is 24.8. The van der Waals surface area contributed by atoms with Gasteiger partial charge >= 0.3 is 12.1 Å². The standard InChI is InChI=1S/C25H25NO6S/c1-3-31-24(27)22-13-11-20(12-14-22)17-26(25(28)32-18-21-7-5-4-6-8-21)33(29,30)23-15-9-19(2)10-16-23/h4-16H,3,17-18H2,1-2H3. The summed E-state index contributed by atoms with van der Waals surface area (Å²) in [5, 5.41) is 0. The third kappa shape index (κ3) is 6.20. The summed E-state index contributed by atoms with van der Waals surface area (Å²) in [6, 6.07) is 21.4. The average Bonchev–Trinajstić information content (AvgIpc) is 2.82. The summed E-state index contributed by atoms with van der Waals surface area (Å²) in [5.74, 6) is -0.476. The van der Waals surface area contributed by atoms with Gasteiger partial charge in [-0.05, 0) is 49.2 Å². The van der Waals surface area contributed by atoms with Gasteiger partial charge in [-0.15, -0.1) is 0 Å². The molecule has 0 saturated carbocycles. The minimum absolute atomic E-state index is 0.0205. The Kier molecular flexibility index (Phi) is 7.84. The van der Waals surface area contributed by atoms with Crippen LogP contribution in [0.2, 0.25) is 0 Å². The van der Waals surface area contributed by atoms with Gasteiger partial charge in [0, 0.05) is 0 Å². The number of benzene rings is 3. The maximum atomic E-state index is 13.3. The molecule has 0 saturated heterocycles. The van der Waals surface area contributed by atoms with Crippen LogP contribution in [0.4, 0.5) is 4.79 Å². The molecule has 0 aromatic heterocycles. The van der Waals surface area contributed by atoms with Crippen molar-refractivity contribution in [2.75, 3.05) is 6.61 Å². The quantitative estimate of drug-likeness (QED) is 0.446. The van der Waals surface area contributed by atoms with Crippen molar-refractivity contribution in [1.29, 1.82) is 0 Å². The Morgan fingerprint density at radius 1 is 0.818 bits per heavy atom. The number of hydrogen-bond donors (Lipinski definition) is 0. The molecule has 0 aliphatic heterocycles. The number of carbonyl (C=O) groups is 2. The molecule has 33 heavy (non-hydrogen) atoms. The molecule has 0 radical (unpaired) electrons. The highest BCUT2D eigenvalue weighted by Crippen LogP contribution is 2.21. The molecular weight excluding hydrogens is 442 g/mol. The number of aryl methyl sites for hydroxylation is 1. The molecule has 0 spiro atoms. The van der Waals surface area contributed by atoms with Gasteiger partial charge < -0.3 is 9.47 Å². The van der Waals surface area contributed by atoms with Crippen molar-refractivity contribution in [3.8, 4) is 0 Å². The summed E-state index contributed by atoms with van der Waals surface area (Å²) >= 11 is 0. The van der Waals surface area contributed by atoms with Crippen LogP contribution in [0.3, 0.4) is 0 Å². The molecule has 172 valence electrons.